The molecule has 4 heterocycles. The Hall–Kier alpha value is -4.06. The zero-order chi connectivity index (χ0) is 25.7. The van der Waals surface area contributed by atoms with Gasteiger partial charge in [0.1, 0.15) is 17.3 Å². The molecule has 2 fully saturated rings. The van der Waals surface area contributed by atoms with Gasteiger partial charge in [-0.25, -0.2) is 9.97 Å². The Kier molecular flexibility index (Phi) is 5.50. The first-order valence-corrected chi connectivity index (χ1v) is 13.4. The third-order valence-electron chi connectivity index (χ3n) is 7.29. The van der Waals surface area contributed by atoms with Crippen molar-refractivity contribution in [3.05, 3.63) is 77.7 Å². The number of ether oxygens (including phenoxy) is 2. The zero-order valence-electron chi connectivity index (χ0n) is 20.7. The van der Waals surface area contributed by atoms with Gasteiger partial charge in [-0.15, -0.1) is 11.8 Å². The maximum absolute atomic E-state index is 12.3. The summed E-state index contributed by atoms with van der Waals surface area (Å²) in [4.78, 5) is 22.6. The highest BCUT2D eigenvalue weighted by atomic mass is 32.2. The molecule has 38 heavy (non-hydrogen) atoms. The summed E-state index contributed by atoms with van der Waals surface area (Å²) in [5.74, 6) is 7.99. The van der Waals surface area contributed by atoms with E-state index in [2.05, 4.69) is 38.5 Å². The number of carbonyl (C=O) groups is 1. The molecule has 2 aliphatic heterocycles. The molecule has 2 aromatic heterocycles. The normalized spacial score (nSPS) is 16.8. The maximum Gasteiger partial charge on any atom is 0.235 e. The molecule has 1 saturated heterocycles. The third kappa shape index (κ3) is 4.05. The molecule has 1 amide bonds. The van der Waals surface area contributed by atoms with E-state index in [1.54, 1.807) is 25.1 Å². The van der Waals surface area contributed by atoms with E-state index < -0.39 is 0 Å². The number of pyridine rings is 2. The molecule has 3 aliphatic rings. The number of aromatic nitrogens is 2. The van der Waals surface area contributed by atoms with Gasteiger partial charge in [0.05, 0.1) is 36.7 Å². The van der Waals surface area contributed by atoms with E-state index in [1.165, 1.54) is 0 Å². The molecule has 1 saturated carbocycles. The van der Waals surface area contributed by atoms with Crippen molar-refractivity contribution in [2.45, 2.75) is 28.4 Å². The van der Waals surface area contributed by atoms with Crippen LogP contribution < -0.4 is 15.4 Å². The summed E-state index contributed by atoms with van der Waals surface area (Å²) in [6.07, 6.45) is 5.41. The number of benzene rings is 2. The summed E-state index contributed by atoms with van der Waals surface area (Å²) in [6.45, 7) is 1.58. The quantitative estimate of drug-likeness (QED) is 0.348. The van der Waals surface area contributed by atoms with Crippen LogP contribution in [0.15, 0.2) is 65.8 Å². The lowest BCUT2D eigenvalue weighted by molar-refractivity contribution is -0.117. The molecule has 0 atom stereocenters. The highest BCUT2D eigenvalue weighted by Gasteiger charge is 2.56. The van der Waals surface area contributed by atoms with Crippen LogP contribution in [0.1, 0.15) is 29.7 Å². The molecule has 0 radical (unpaired) electrons. The van der Waals surface area contributed by atoms with E-state index in [0.717, 1.165) is 70.0 Å². The standard InChI is InChI=1S/C30H24N4O3S/c1-36-27-13-20(38-21-16-37-17-21)4-7-25(27)33-28-14-22-19(15-32-28)8-11-31-24(22)6-3-18-2-5-23-26(12-18)34-29(35)30(23)9-10-30/h2,4-5,7-8,11-15,21H,9-10,16-17H2,1H3,(H,32,33)(H,34,35). The number of anilines is 3. The Morgan fingerprint density at radius 2 is 2.00 bits per heavy atom. The van der Waals surface area contributed by atoms with Gasteiger partial charge in [0, 0.05) is 39.3 Å². The van der Waals surface area contributed by atoms with Crippen LogP contribution in [-0.4, -0.2) is 41.4 Å². The molecule has 7 nitrogen and oxygen atoms in total. The van der Waals surface area contributed by atoms with Gasteiger partial charge in [-0.3, -0.25) is 4.79 Å². The number of methoxy groups -OCH3 is 1. The van der Waals surface area contributed by atoms with E-state index in [0.29, 0.717) is 16.8 Å². The number of carbonyl (C=O) groups excluding carboxylic acids is 1. The van der Waals surface area contributed by atoms with Crippen LogP contribution in [0.2, 0.25) is 0 Å². The molecule has 188 valence electrons. The summed E-state index contributed by atoms with van der Waals surface area (Å²) in [5.41, 5.74) is 4.01. The summed E-state index contributed by atoms with van der Waals surface area (Å²) in [6, 6.07) is 16.0. The number of rotatable bonds is 5. The van der Waals surface area contributed by atoms with Crippen molar-refractivity contribution in [3.8, 4) is 17.6 Å². The van der Waals surface area contributed by atoms with Crippen molar-refractivity contribution in [2.24, 2.45) is 0 Å². The molecule has 0 bridgehead atoms. The van der Waals surface area contributed by atoms with Gasteiger partial charge < -0.3 is 20.1 Å². The van der Waals surface area contributed by atoms with Crippen LogP contribution in [0.5, 0.6) is 5.75 Å². The van der Waals surface area contributed by atoms with Gasteiger partial charge in [0.25, 0.3) is 0 Å². The Morgan fingerprint density at radius 3 is 2.79 bits per heavy atom. The average Bonchev–Trinajstić information content (AvgIpc) is 3.67. The Morgan fingerprint density at radius 1 is 1.11 bits per heavy atom. The summed E-state index contributed by atoms with van der Waals surface area (Å²) >= 11 is 1.80. The Labute approximate surface area is 224 Å². The molecule has 0 unspecified atom stereocenters. The number of thioether (sulfide) groups is 1. The summed E-state index contributed by atoms with van der Waals surface area (Å²) < 4.78 is 10.9. The molecular weight excluding hydrogens is 496 g/mol. The molecule has 7 rings (SSSR count). The fourth-order valence-corrected chi connectivity index (χ4v) is 5.99. The van der Waals surface area contributed by atoms with Crippen LogP contribution in [-0.2, 0) is 14.9 Å². The number of nitrogens with zero attached hydrogens (tertiary/aromatic N) is 2. The number of hydrogen-bond acceptors (Lipinski definition) is 7. The summed E-state index contributed by atoms with van der Waals surface area (Å²) in [7, 11) is 1.67. The second-order valence-electron chi connectivity index (χ2n) is 9.76. The first kappa shape index (κ1) is 23.1. The molecule has 2 aromatic carbocycles. The molecule has 4 aromatic rings. The SMILES string of the molecule is COc1cc(SC2COC2)ccc1Nc1cc2c(C#Cc3ccc4c(c3)NC(=O)C43CC3)nccc2cn1. The average molecular weight is 521 g/mol. The lowest BCUT2D eigenvalue weighted by Gasteiger charge is -2.25. The monoisotopic (exact) mass is 520 g/mol. The largest absolute Gasteiger partial charge is 0.495 e. The van der Waals surface area contributed by atoms with Crippen molar-refractivity contribution in [1.82, 2.24) is 9.97 Å². The second-order valence-corrected chi connectivity index (χ2v) is 11.1. The van der Waals surface area contributed by atoms with Crippen LogP contribution in [0.25, 0.3) is 10.8 Å². The van der Waals surface area contributed by atoms with Gasteiger partial charge in [-0.1, -0.05) is 12.0 Å². The van der Waals surface area contributed by atoms with E-state index in [4.69, 9.17) is 9.47 Å². The van der Waals surface area contributed by atoms with Gasteiger partial charge in [-0.05, 0) is 66.8 Å². The highest BCUT2D eigenvalue weighted by Crippen LogP contribution is 2.55. The molecule has 2 N–H and O–H groups in total. The number of fused-ring (bicyclic) bond motifs is 3. The number of amides is 1. The smallest absolute Gasteiger partial charge is 0.235 e. The van der Waals surface area contributed by atoms with E-state index >= 15 is 0 Å². The van der Waals surface area contributed by atoms with Crippen LogP contribution >= 0.6 is 11.8 Å². The Balaban J connectivity index is 1.16. The minimum Gasteiger partial charge on any atom is -0.495 e. The topological polar surface area (TPSA) is 85.4 Å². The first-order valence-electron chi connectivity index (χ1n) is 12.5. The van der Waals surface area contributed by atoms with Gasteiger partial charge in [0.2, 0.25) is 5.91 Å². The molecule has 1 spiro atoms. The Bertz CT molecular complexity index is 1670. The van der Waals surface area contributed by atoms with E-state index in [-0.39, 0.29) is 11.3 Å². The molecular formula is C30H24N4O3S. The second kappa shape index (κ2) is 9.05. The minimum absolute atomic E-state index is 0.110. The fourth-order valence-electron chi connectivity index (χ4n) is 4.95. The van der Waals surface area contributed by atoms with E-state index in [1.807, 2.05) is 48.7 Å². The van der Waals surface area contributed by atoms with Crippen molar-refractivity contribution in [3.63, 3.8) is 0 Å². The van der Waals surface area contributed by atoms with Crippen molar-refractivity contribution < 1.29 is 14.3 Å². The number of nitrogens with one attached hydrogen (secondary N) is 2. The van der Waals surface area contributed by atoms with Crippen molar-refractivity contribution >= 4 is 45.6 Å². The predicted octanol–water partition coefficient (Wildman–Crippen LogP) is 5.26. The van der Waals surface area contributed by atoms with E-state index in [9.17, 15) is 4.79 Å². The van der Waals surface area contributed by atoms with Gasteiger partial charge in [-0.2, -0.15) is 0 Å². The van der Waals surface area contributed by atoms with Gasteiger partial charge in [0.15, 0.2) is 0 Å². The highest BCUT2D eigenvalue weighted by molar-refractivity contribution is 8.00. The third-order valence-corrected chi connectivity index (χ3v) is 8.42. The zero-order valence-corrected chi connectivity index (χ0v) is 21.5. The van der Waals surface area contributed by atoms with Crippen molar-refractivity contribution in [1.29, 1.82) is 0 Å². The maximum atomic E-state index is 12.3. The lowest BCUT2D eigenvalue weighted by atomic mass is 9.97. The molecule has 1 aliphatic carbocycles. The lowest BCUT2D eigenvalue weighted by Crippen LogP contribution is -2.29. The van der Waals surface area contributed by atoms with Crippen molar-refractivity contribution in [2.75, 3.05) is 31.0 Å². The predicted molar refractivity (Wildman–Crippen MR) is 148 cm³/mol. The van der Waals surface area contributed by atoms with Gasteiger partial charge >= 0.3 is 0 Å². The van der Waals surface area contributed by atoms with Crippen LogP contribution in [0, 0.1) is 11.8 Å². The number of hydrogen-bond donors (Lipinski definition) is 2. The minimum atomic E-state index is -0.289. The summed E-state index contributed by atoms with van der Waals surface area (Å²) in [5, 5.41) is 8.76. The van der Waals surface area contributed by atoms with Crippen LogP contribution in [0.3, 0.4) is 0 Å². The van der Waals surface area contributed by atoms with Crippen LogP contribution in [0.4, 0.5) is 17.2 Å². The molecule has 8 heteroatoms. The fraction of sp³-hybridized carbons (Fsp3) is 0.233. The first-order chi connectivity index (χ1) is 18.6.